The van der Waals surface area contributed by atoms with Crippen LogP contribution in [0.3, 0.4) is 0 Å². The smallest absolute Gasteiger partial charge is 0.265 e. The van der Waals surface area contributed by atoms with Crippen LogP contribution >= 0.6 is 0 Å². The summed E-state index contributed by atoms with van der Waals surface area (Å²) in [5, 5.41) is 4.28. The van der Waals surface area contributed by atoms with E-state index in [4.69, 9.17) is 0 Å². The number of anilines is 2. The van der Waals surface area contributed by atoms with E-state index >= 15 is 0 Å². The van der Waals surface area contributed by atoms with E-state index in [0.29, 0.717) is 41.0 Å². The number of nitrogens with zero attached hydrogens (tertiary/aromatic N) is 5. The zero-order valence-electron chi connectivity index (χ0n) is 15.2. The molecule has 0 aliphatic rings. The van der Waals surface area contributed by atoms with Crippen molar-refractivity contribution in [2.24, 2.45) is 0 Å². The third kappa shape index (κ3) is 3.21. The maximum Gasteiger partial charge on any atom is 0.265 e. The summed E-state index contributed by atoms with van der Waals surface area (Å²) in [5.74, 6) is 0.541. The lowest BCUT2D eigenvalue weighted by atomic mass is 10.3. The van der Waals surface area contributed by atoms with Gasteiger partial charge in [-0.3, -0.25) is 9.40 Å². The van der Waals surface area contributed by atoms with Crippen LogP contribution < -0.4 is 9.62 Å². The SMILES string of the molecule is CCn1nc(C)c(S(=O)(=O)Nc2c(C)nc(N(C)C)nc2C)c1C. The van der Waals surface area contributed by atoms with E-state index in [1.165, 1.54) is 0 Å². The van der Waals surface area contributed by atoms with E-state index in [-0.39, 0.29) is 4.90 Å². The molecule has 0 aromatic carbocycles. The van der Waals surface area contributed by atoms with Gasteiger partial charge < -0.3 is 4.90 Å². The molecule has 24 heavy (non-hydrogen) atoms. The van der Waals surface area contributed by atoms with Gasteiger partial charge in [0.05, 0.1) is 28.5 Å². The first-order valence-electron chi connectivity index (χ1n) is 7.67. The number of aryl methyl sites for hydroxylation is 4. The second-order valence-electron chi connectivity index (χ2n) is 5.89. The van der Waals surface area contributed by atoms with Gasteiger partial charge in [-0.05, 0) is 34.6 Å². The molecule has 2 aromatic heterocycles. The second kappa shape index (κ2) is 6.39. The van der Waals surface area contributed by atoms with Gasteiger partial charge in [0.25, 0.3) is 10.0 Å². The molecule has 2 aromatic rings. The highest BCUT2D eigenvalue weighted by molar-refractivity contribution is 7.92. The van der Waals surface area contributed by atoms with E-state index < -0.39 is 10.0 Å². The molecule has 0 saturated heterocycles. The number of nitrogens with one attached hydrogen (secondary N) is 1. The zero-order valence-corrected chi connectivity index (χ0v) is 16.0. The fraction of sp³-hybridized carbons (Fsp3) is 0.533. The predicted molar refractivity (Wildman–Crippen MR) is 94.0 cm³/mol. The topological polar surface area (TPSA) is 93.0 Å². The average molecular weight is 352 g/mol. The molecular formula is C15H24N6O2S. The normalized spacial score (nSPS) is 11.6. The van der Waals surface area contributed by atoms with Gasteiger partial charge in [0, 0.05) is 20.6 Å². The van der Waals surface area contributed by atoms with Gasteiger partial charge in [-0.2, -0.15) is 5.10 Å². The average Bonchev–Trinajstić information content (AvgIpc) is 2.77. The van der Waals surface area contributed by atoms with Crippen LogP contribution in [-0.2, 0) is 16.6 Å². The molecule has 2 rings (SSSR count). The molecule has 0 spiro atoms. The van der Waals surface area contributed by atoms with E-state index in [1.807, 2.05) is 21.0 Å². The van der Waals surface area contributed by atoms with E-state index in [2.05, 4.69) is 19.8 Å². The number of aromatic nitrogens is 4. The predicted octanol–water partition coefficient (Wildman–Crippen LogP) is 1.79. The molecule has 132 valence electrons. The molecule has 0 unspecified atom stereocenters. The molecule has 9 heteroatoms. The van der Waals surface area contributed by atoms with Crippen LogP contribution in [-0.4, -0.2) is 42.3 Å². The van der Waals surface area contributed by atoms with Crippen molar-refractivity contribution in [3.05, 3.63) is 22.8 Å². The molecular weight excluding hydrogens is 328 g/mol. The second-order valence-corrected chi connectivity index (χ2v) is 7.50. The molecule has 0 radical (unpaired) electrons. The highest BCUT2D eigenvalue weighted by atomic mass is 32.2. The largest absolute Gasteiger partial charge is 0.347 e. The van der Waals surface area contributed by atoms with E-state index in [9.17, 15) is 8.42 Å². The van der Waals surface area contributed by atoms with Crippen molar-refractivity contribution in [1.29, 1.82) is 0 Å². The Morgan fingerprint density at radius 3 is 2.00 bits per heavy atom. The minimum Gasteiger partial charge on any atom is -0.347 e. The van der Waals surface area contributed by atoms with Gasteiger partial charge in [0.15, 0.2) is 0 Å². The number of rotatable bonds is 5. The molecule has 1 N–H and O–H groups in total. The van der Waals surface area contributed by atoms with Crippen LogP contribution in [0.1, 0.15) is 29.7 Å². The maximum absolute atomic E-state index is 12.9. The van der Waals surface area contributed by atoms with Gasteiger partial charge in [-0.25, -0.2) is 18.4 Å². The molecule has 0 aliphatic carbocycles. The Hall–Kier alpha value is -2.16. The third-order valence-corrected chi connectivity index (χ3v) is 5.38. The van der Waals surface area contributed by atoms with Gasteiger partial charge in [-0.1, -0.05) is 0 Å². The summed E-state index contributed by atoms with van der Waals surface area (Å²) in [6.07, 6.45) is 0. The van der Waals surface area contributed by atoms with Crippen LogP contribution in [0, 0.1) is 27.7 Å². The lowest BCUT2D eigenvalue weighted by molar-refractivity contribution is 0.598. The quantitative estimate of drug-likeness (QED) is 0.882. The van der Waals surface area contributed by atoms with Crippen LogP contribution in [0.25, 0.3) is 0 Å². The Kier molecular flexibility index (Phi) is 4.84. The minimum atomic E-state index is -3.77. The minimum absolute atomic E-state index is 0.208. The Bertz CT molecular complexity index is 847. The molecule has 0 atom stereocenters. The van der Waals surface area contributed by atoms with Crippen molar-refractivity contribution in [1.82, 2.24) is 19.7 Å². The van der Waals surface area contributed by atoms with Gasteiger partial charge >= 0.3 is 0 Å². The Balaban J connectivity index is 2.50. The zero-order chi connectivity index (χ0) is 18.2. The number of hydrogen-bond donors (Lipinski definition) is 1. The number of sulfonamides is 1. The van der Waals surface area contributed by atoms with Crippen LogP contribution in [0.2, 0.25) is 0 Å². The molecule has 0 aliphatic heterocycles. The van der Waals surface area contributed by atoms with Crippen molar-refractivity contribution >= 4 is 21.7 Å². The highest BCUT2D eigenvalue weighted by Gasteiger charge is 2.26. The lowest BCUT2D eigenvalue weighted by Crippen LogP contribution is -2.19. The van der Waals surface area contributed by atoms with Crippen molar-refractivity contribution in [3.63, 3.8) is 0 Å². The van der Waals surface area contributed by atoms with Gasteiger partial charge in [0.2, 0.25) is 5.95 Å². The molecule has 2 heterocycles. The summed E-state index contributed by atoms with van der Waals surface area (Å²) in [4.78, 5) is 10.7. The monoisotopic (exact) mass is 352 g/mol. The Morgan fingerprint density at radius 1 is 1.04 bits per heavy atom. The summed E-state index contributed by atoms with van der Waals surface area (Å²) in [5.41, 5.74) is 2.65. The summed E-state index contributed by atoms with van der Waals surface area (Å²) in [6.45, 7) is 9.50. The Labute approximate surface area is 143 Å². The van der Waals surface area contributed by atoms with E-state index in [1.54, 1.807) is 37.3 Å². The Morgan fingerprint density at radius 2 is 1.58 bits per heavy atom. The fourth-order valence-electron chi connectivity index (χ4n) is 2.61. The molecule has 0 saturated carbocycles. The summed E-state index contributed by atoms with van der Waals surface area (Å²) < 4.78 is 30.0. The fourth-order valence-corrected chi connectivity index (χ4v) is 4.20. The molecule has 0 amide bonds. The van der Waals surface area contributed by atoms with Gasteiger partial charge in [0.1, 0.15) is 4.90 Å². The first kappa shape index (κ1) is 18.2. The van der Waals surface area contributed by atoms with Crippen molar-refractivity contribution < 1.29 is 8.42 Å². The molecule has 0 fully saturated rings. The van der Waals surface area contributed by atoms with Crippen LogP contribution in [0.4, 0.5) is 11.6 Å². The van der Waals surface area contributed by atoms with E-state index in [0.717, 1.165) is 0 Å². The summed E-state index contributed by atoms with van der Waals surface area (Å²) >= 11 is 0. The number of hydrogen-bond acceptors (Lipinski definition) is 6. The van der Waals surface area contributed by atoms with Crippen molar-refractivity contribution in [2.45, 2.75) is 46.1 Å². The first-order chi connectivity index (χ1) is 11.1. The maximum atomic E-state index is 12.9. The summed E-state index contributed by atoms with van der Waals surface area (Å²) in [6, 6.07) is 0. The standard InChI is InChI=1S/C15H24N6O2S/c1-8-21-12(5)14(11(4)18-21)24(22,23)19-13-9(2)16-15(20(6)7)17-10(13)3/h19H,8H2,1-7H3. The summed E-state index contributed by atoms with van der Waals surface area (Å²) in [7, 11) is -0.0945. The third-order valence-electron chi connectivity index (χ3n) is 3.78. The van der Waals surface area contributed by atoms with Gasteiger partial charge in [-0.15, -0.1) is 0 Å². The van der Waals surface area contributed by atoms with Crippen molar-refractivity contribution in [3.8, 4) is 0 Å². The lowest BCUT2D eigenvalue weighted by Gasteiger charge is -2.16. The molecule has 0 bridgehead atoms. The highest BCUT2D eigenvalue weighted by Crippen LogP contribution is 2.26. The van der Waals surface area contributed by atoms with Crippen LogP contribution in [0.15, 0.2) is 4.90 Å². The van der Waals surface area contributed by atoms with Crippen LogP contribution in [0.5, 0.6) is 0 Å². The molecule has 8 nitrogen and oxygen atoms in total. The van der Waals surface area contributed by atoms with Crippen molar-refractivity contribution in [2.75, 3.05) is 23.7 Å². The first-order valence-corrected chi connectivity index (χ1v) is 9.16.